The number of thioether (sulfide) groups is 1. The van der Waals surface area contributed by atoms with Crippen LogP contribution < -0.4 is 4.74 Å². The zero-order chi connectivity index (χ0) is 20.9. The molecule has 0 atom stereocenters. The Labute approximate surface area is 148 Å². The number of aromatic nitrogens is 2. The molecule has 0 N–H and O–H groups in total. The Balaban J connectivity index is 2.02. The maximum absolute atomic E-state index is 9.24. The molecule has 0 bridgehead atoms. The van der Waals surface area contributed by atoms with Crippen LogP contribution in [-0.4, -0.2) is 16.0 Å². The molecule has 1 aromatic heterocycles. The van der Waals surface area contributed by atoms with Crippen molar-refractivity contribution in [2.75, 3.05) is 6.18 Å². The lowest BCUT2D eigenvalue weighted by Gasteiger charge is -2.10. The summed E-state index contributed by atoms with van der Waals surface area (Å²) in [7, 11) is 0. The van der Waals surface area contributed by atoms with Gasteiger partial charge in [-0.25, -0.2) is 0 Å². The van der Waals surface area contributed by atoms with E-state index < -0.39 is 12.0 Å². The fraction of sp³-hybridized carbons (Fsp3) is 0.444. The van der Waals surface area contributed by atoms with Gasteiger partial charge in [-0.15, -0.1) is 11.8 Å². The van der Waals surface area contributed by atoms with Gasteiger partial charge in [0, 0.05) is 10.0 Å². The molecule has 1 fully saturated rings. The summed E-state index contributed by atoms with van der Waals surface area (Å²) in [5.41, 5.74) is 3.27. The molecule has 1 saturated carbocycles. The zero-order valence-electron chi connectivity index (χ0n) is 18.3. The lowest BCUT2D eigenvalue weighted by molar-refractivity contribution is 0.471. The van der Waals surface area contributed by atoms with Crippen molar-refractivity contribution in [2.45, 2.75) is 45.4 Å². The summed E-state index contributed by atoms with van der Waals surface area (Å²) in [6, 6.07) is 5.71. The molecule has 1 heterocycles. The first-order chi connectivity index (χ1) is 12.9. The highest BCUT2D eigenvalue weighted by Gasteiger charge is 2.32. The highest BCUT2D eigenvalue weighted by molar-refractivity contribution is 7.97. The minimum Gasteiger partial charge on any atom is -0.453 e. The molecule has 120 valence electrons. The van der Waals surface area contributed by atoms with E-state index in [0.717, 1.165) is 28.7 Å². The third kappa shape index (κ3) is 3.09. The molecule has 1 aromatic carbocycles. The van der Waals surface area contributed by atoms with Crippen LogP contribution in [0.2, 0.25) is 0 Å². The number of hydrogen-bond donors (Lipinski definition) is 0. The summed E-state index contributed by atoms with van der Waals surface area (Å²) in [6.07, 6.45) is -0.620. The largest absolute Gasteiger partial charge is 0.453 e. The molecule has 2 aromatic rings. The molecule has 0 amide bonds. The van der Waals surface area contributed by atoms with E-state index in [9.17, 15) is 5.26 Å². The van der Waals surface area contributed by atoms with Gasteiger partial charge in [0.05, 0.1) is 25.9 Å². The molecule has 0 unspecified atom stereocenters. The van der Waals surface area contributed by atoms with Crippen molar-refractivity contribution >= 4 is 11.8 Å². The molecule has 1 aliphatic carbocycles. The lowest BCUT2D eigenvalue weighted by Crippen LogP contribution is -1.99. The average Bonchev–Trinajstić information content (AvgIpc) is 3.31. The Morgan fingerprint density at radius 3 is 2.70 bits per heavy atom. The molecule has 5 heteroatoms. The van der Waals surface area contributed by atoms with Gasteiger partial charge in [0.2, 0.25) is 0 Å². The Kier molecular flexibility index (Phi) is 2.94. The molecule has 0 saturated heterocycles. The van der Waals surface area contributed by atoms with E-state index in [2.05, 4.69) is 11.2 Å². The van der Waals surface area contributed by atoms with Crippen molar-refractivity contribution in [3.05, 3.63) is 40.2 Å². The van der Waals surface area contributed by atoms with E-state index in [4.69, 9.17) is 11.6 Å². The quantitative estimate of drug-likeness (QED) is 0.798. The topological polar surface area (TPSA) is 50.8 Å². The van der Waals surface area contributed by atoms with E-state index in [1.807, 2.05) is 13.8 Å². The smallest absolute Gasteiger partial charge is 0.171 e. The van der Waals surface area contributed by atoms with E-state index in [0.29, 0.717) is 28.5 Å². The summed E-state index contributed by atoms with van der Waals surface area (Å²) in [6.45, 7) is 5.35. The molecular weight excluding hydrogens is 306 g/mol. The SMILES string of the molecule is [2H]C([2H])([2H])SC([2H])([2H])n1nc(C2CC2)c(Oc2cc(C)c(C#N)c(C)c2)c1C. The molecular formula is C18H21N3OS. The van der Waals surface area contributed by atoms with E-state index in [-0.39, 0.29) is 17.7 Å². The van der Waals surface area contributed by atoms with Gasteiger partial charge in [-0.2, -0.15) is 10.4 Å². The molecule has 23 heavy (non-hydrogen) atoms. The van der Waals surface area contributed by atoms with Crippen LogP contribution in [0.3, 0.4) is 0 Å². The van der Waals surface area contributed by atoms with Crippen LogP contribution in [0.4, 0.5) is 0 Å². The molecule has 0 aliphatic heterocycles. The molecule has 4 nitrogen and oxygen atoms in total. The molecule has 0 radical (unpaired) electrons. The third-order valence-electron chi connectivity index (χ3n) is 4.02. The van der Waals surface area contributed by atoms with Gasteiger partial charge < -0.3 is 4.74 Å². The van der Waals surface area contributed by atoms with Crippen LogP contribution in [0.15, 0.2) is 12.1 Å². The summed E-state index contributed by atoms with van der Waals surface area (Å²) >= 11 is 0.239. The van der Waals surface area contributed by atoms with E-state index in [1.54, 1.807) is 19.1 Å². The van der Waals surface area contributed by atoms with Gasteiger partial charge >= 0.3 is 0 Å². The number of nitrogens with zero attached hydrogens (tertiary/aromatic N) is 3. The number of hydrogen-bond acceptors (Lipinski definition) is 4. The molecule has 0 spiro atoms. The maximum atomic E-state index is 9.24. The second-order valence-corrected chi connectivity index (χ2v) is 6.21. The fourth-order valence-corrected chi connectivity index (χ4v) is 2.93. The first-order valence-electron chi connectivity index (χ1n) is 9.92. The number of nitriles is 1. The predicted octanol–water partition coefficient (Wildman–Crippen LogP) is 4.67. The highest BCUT2D eigenvalue weighted by Crippen LogP contribution is 2.46. The van der Waals surface area contributed by atoms with Crippen molar-refractivity contribution in [1.82, 2.24) is 9.78 Å². The minimum atomic E-state index is -2.50. The fourth-order valence-electron chi connectivity index (χ4n) is 2.67. The van der Waals surface area contributed by atoms with Crippen molar-refractivity contribution in [2.24, 2.45) is 0 Å². The first kappa shape index (κ1) is 10.8. The van der Waals surface area contributed by atoms with Crippen molar-refractivity contribution in [3.63, 3.8) is 0 Å². The minimum absolute atomic E-state index is 0.184. The number of aryl methyl sites for hydroxylation is 2. The average molecular weight is 332 g/mol. The van der Waals surface area contributed by atoms with Crippen molar-refractivity contribution in [1.29, 1.82) is 5.26 Å². The van der Waals surface area contributed by atoms with Crippen LogP contribution in [0.5, 0.6) is 11.5 Å². The summed E-state index contributed by atoms with van der Waals surface area (Å²) in [5, 5.41) is 13.6. The Hall–Kier alpha value is -1.93. The maximum Gasteiger partial charge on any atom is 0.171 e. The van der Waals surface area contributed by atoms with Gasteiger partial charge in [-0.1, -0.05) is 0 Å². The predicted molar refractivity (Wildman–Crippen MR) is 93.2 cm³/mol. The van der Waals surface area contributed by atoms with Gasteiger partial charge in [0.25, 0.3) is 0 Å². The lowest BCUT2D eigenvalue weighted by atomic mass is 10.0. The van der Waals surface area contributed by atoms with Gasteiger partial charge in [-0.05, 0) is 63.1 Å². The van der Waals surface area contributed by atoms with Crippen molar-refractivity contribution in [3.8, 4) is 17.6 Å². The molecule has 1 aliphatic rings. The van der Waals surface area contributed by atoms with Crippen LogP contribution in [0.1, 0.15) is 53.7 Å². The Morgan fingerprint density at radius 2 is 2.13 bits per heavy atom. The number of ether oxygens (including phenoxy) is 1. The standard InChI is InChI=1S/C18H21N3OS/c1-11-7-15(8-12(2)16(11)9-19)22-18-13(3)21(10-23-4)20-17(18)14-5-6-14/h7-8,14H,5-6,10H2,1-4H3/i4D3,10D2. The second kappa shape index (κ2) is 6.29. The van der Waals surface area contributed by atoms with Gasteiger partial charge in [0.15, 0.2) is 5.75 Å². The van der Waals surface area contributed by atoms with Crippen LogP contribution in [0, 0.1) is 32.1 Å². The monoisotopic (exact) mass is 332 g/mol. The summed E-state index contributed by atoms with van der Waals surface area (Å²) in [5.74, 6) is -1.05. The summed E-state index contributed by atoms with van der Waals surface area (Å²) < 4.78 is 45.8. The van der Waals surface area contributed by atoms with E-state index in [1.165, 1.54) is 0 Å². The Bertz CT molecular complexity index is 934. The van der Waals surface area contributed by atoms with E-state index >= 15 is 0 Å². The number of benzene rings is 1. The second-order valence-electron chi connectivity index (χ2n) is 5.83. The van der Waals surface area contributed by atoms with Crippen LogP contribution >= 0.6 is 11.8 Å². The molecule has 3 rings (SSSR count). The van der Waals surface area contributed by atoms with Crippen LogP contribution in [0.25, 0.3) is 0 Å². The Morgan fingerprint density at radius 1 is 1.43 bits per heavy atom. The highest BCUT2D eigenvalue weighted by atomic mass is 32.2. The first-order valence-corrected chi connectivity index (χ1v) is 8.24. The third-order valence-corrected chi connectivity index (χ3v) is 4.28. The van der Waals surface area contributed by atoms with Crippen molar-refractivity contribution < 1.29 is 11.6 Å². The normalized spacial score (nSPS) is 18.3. The summed E-state index contributed by atoms with van der Waals surface area (Å²) in [4.78, 5) is 0. The zero-order valence-corrected chi connectivity index (χ0v) is 14.1. The van der Waals surface area contributed by atoms with Gasteiger partial charge in [-0.3, -0.25) is 4.68 Å². The van der Waals surface area contributed by atoms with Gasteiger partial charge in [0.1, 0.15) is 11.4 Å². The number of rotatable bonds is 5. The van der Waals surface area contributed by atoms with Crippen LogP contribution in [-0.2, 0) is 5.83 Å².